The molecule has 5 nitrogen and oxygen atoms in total. The number of nitrogens with one attached hydrogen (secondary N) is 1. The SMILES string of the molecule is COc1ccc(N2C(=S)N[C@@H](c3ccccn3)[C@H]2c2cccn2-c2cccc(Cl)c2)cc1. The standard InChI is InChI=1S/C25H21ClN4OS/c1-31-20-12-10-18(11-13-20)30-24(23(28-25(30)32)21-8-2-3-14-27-21)22-9-5-15-29(22)19-7-4-6-17(26)16-19/h2-16,23-24H,1H3,(H,28,32)/t23-,24+/m0/s1. The molecule has 32 heavy (non-hydrogen) atoms. The van der Waals surface area contributed by atoms with E-state index >= 15 is 0 Å². The number of ether oxygens (including phenoxy) is 1. The van der Waals surface area contributed by atoms with E-state index in [4.69, 9.17) is 28.6 Å². The summed E-state index contributed by atoms with van der Waals surface area (Å²) in [6.45, 7) is 0. The summed E-state index contributed by atoms with van der Waals surface area (Å²) in [7, 11) is 1.66. The van der Waals surface area contributed by atoms with Gasteiger partial charge in [0.1, 0.15) is 11.8 Å². The van der Waals surface area contributed by atoms with Crippen molar-refractivity contribution in [2.75, 3.05) is 12.0 Å². The fourth-order valence-electron chi connectivity index (χ4n) is 4.17. The third-order valence-electron chi connectivity index (χ3n) is 5.62. The van der Waals surface area contributed by atoms with Gasteiger partial charge in [-0.1, -0.05) is 23.7 Å². The van der Waals surface area contributed by atoms with E-state index in [2.05, 4.69) is 25.8 Å². The molecule has 7 heteroatoms. The molecule has 1 saturated heterocycles. The molecule has 0 spiro atoms. The van der Waals surface area contributed by atoms with Gasteiger partial charge in [-0.2, -0.15) is 0 Å². The zero-order valence-electron chi connectivity index (χ0n) is 17.4. The average molecular weight is 461 g/mol. The van der Waals surface area contributed by atoms with Gasteiger partial charge in [-0.25, -0.2) is 0 Å². The van der Waals surface area contributed by atoms with Gasteiger partial charge in [-0.15, -0.1) is 0 Å². The van der Waals surface area contributed by atoms with E-state index in [9.17, 15) is 0 Å². The van der Waals surface area contributed by atoms with Crippen molar-refractivity contribution in [1.82, 2.24) is 14.9 Å². The monoisotopic (exact) mass is 460 g/mol. The Morgan fingerprint density at radius 3 is 2.53 bits per heavy atom. The molecule has 4 aromatic rings. The normalized spacial score (nSPS) is 17.9. The van der Waals surface area contributed by atoms with Crippen molar-refractivity contribution in [3.8, 4) is 11.4 Å². The van der Waals surface area contributed by atoms with Crippen molar-refractivity contribution >= 4 is 34.6 Å². The maximum Gasteiger partial charge on any atom is 0.174 e. The van der Waals surface area contributed by atoms with E-state index in [0.29, 0.717) is 10.1 Å². The van der Waals surface area contributed by atoms with Crippen LogP contribution < -0.4 is 15.0 Å². The number of hydrogen-bond acceptors (Lipinski definition) is 3. The van der Waals surface area contributed by atoms with Gasteiger partial charge in [0.15, 0.2) is 5.11 Å². The lowest BCUT2D eigenvalue weighted by Gasteiger charge is -2.29. The van der Waals surface area contributed by atoms with Crippen LogP contribution in [0.5, 0.6) is 5.75 Å². The predicted octanol–water partition coefficient (Wildman–Crippen LogP) is 5.71. The molecule has 160 valence electrons. The number of hydrogen-bond donors (Lipinski definition) is 1. The fraction of sp³-hybridized carbons (Fsp3) is 0.120. The Morgan fingerprint density at radius 1 is 0.969 bits per heavy atom. The molecule has 0 radical (unpaired) electrons. The fourth-order valence-corrected chi connectivity index (χ4v) is 4.70. The molecule has 2 aromatic heterocycles. The van der Waals surface area contributed by atoms with Gasteiger partial charge in [-0.3, -0.25) is 4.98 Å². The number of halogens is 1. The van der Waals surface area contributed by atoms with Crippen LogP contribution in [0.15, 0.2) is 91.3 Å². The smallest absolute Gasteiger partial charge is 0.174 e. The van der Waals surface area contributed by atoms with Crippen LogP contribution in [0.1, 0.15) is 23.5 Å². The minimum absolute atomic E-state index is 0.125. The van der Waals surface area contributed by atoms with Crippen LogP contribution in [0.4, 0.5) is 5.69 Å². The van der Waals surface area contributed by atoms with Crippen LogP contribution in [0, 0.1) is 0 Å². The third kappa shape index (κ3) is 3.72. The summed E-state index contributed by atoms with van der Waals surface area (Å²) in [4.78, 5) is 6.77. The number of benzene rings is 2. The topological polar surface area (TPSA) is 42.3 Å². The number of thiocarbonyl (C=S) groups is 1. The van der Waals surface area contributed by atoms with E-state index in [1.165, 1.54) is 0 Å². The lowest BCUT2D eigenvalue weighted by atomic mass is 10.0. The molecule has 3 heterocycles. The van der Waals surface area contributed by atoms with Crippen LogP contribution in [-0.2, 0) is 0 Å². The molecule has 1 fully saturated rings. The van der Waals surface area contributed by atoms with Crippen LogP contribution in [0.25, 0.3) is 5.69 Å². The van der Waals surface area contributed by atoms with Gasteiger partial charge >= 0.3 is 0 Å². The molecular weight excluding hydrogens is 440 g/mol. The Kier molecular flexibility index (Phi) is 5.55. The first-order chi connectivity index (χ1) is 15.7. The van der Waals surface area contributed by atoms with Crippen molar-refractivity contribution in [1.29, 1.82) is 0 Å². The zero-order valence-corrected chi connectivity index (χ0v) is 18.9. The molecule has 0 bridgehead atoms. The van der Waals surface area contributed by atoms with Crippen molar-refractivity contribution < 1.29 is 4.74 Å². The number of rotatable bonds is 5. The minimum Gasteiger partial charge on any atom is -0.497 e. The van der Waals surface area contributed by atoms with Gasteiger partial charge in [0.2, 0.25) is 0 Å². The molecule has 5 rings (SSSR count). The summed E-state index contributed by atoms with van der Waals surface area (Å²) >= 11 is 12.1. The molecule has 2 aromatic carbocycles. The van der Waals surface area contributed by atoms with Crippen LogP contribution >= 0.6 is 23.8 Å². The Labute approximate surface area is 197 Å². The van der Waals surface area contributed by atoms with Gasteiger partial charge in [0, 0.05) is 34.5 Å². The van der Waals surface area contributed by atoms with Crippen LogP contribution in [0.2, 0.25) is 5.02 Å². The third-order valence-corrected chi connectivity index (χ3v) is 6.17. The highest BCUT2D eigenvalue weighted by molar-refractivity contribution is 7.80. The van der Waals surface area contributed by atoms with Crippen molar-refractivity contribution in [3.05, 3.63) is 108 Å². The summed E-state index contributed by atoms with van der Waals surface area (Å²) < 4.78 is 7.49. The number of methoxy groups -OCH3 is 1. The molecule has 2 atom stereocenters. The van der Waals surface area contributed by atoms with E-state index in [-0.39, 0.29) is 12.1 Å². The van der Waals surface area contributed by atoms with E-state index in [1.54, 1.807) is 7.11 Å². The Balaban J connectivity index is 1.65. The molecule has 0 amide bonds. The highest BCUT2D eigenvalue weighted by atomic mass is 35.5. The molecule has 1 aliphatic rings. The van der Waals surface area contributed by atoms with Gasteiger partial charge in [0.05, 0.1) is 18.8 Å². The first-order valence-corrected chi connectivity index (χ1v) is 11.0. The predicted molar refractivity (Wildman–Crippen MR) is 132 cm³/mol. The maximum atomic E-state index is 6.30. The van der Waals surface area contributed by atoms with Gasteiger partial charge in [0.25, 0.3) is 0 Å². The Bertz CT molecular complexity index is 1240. The van der Waals surface area contributed by atoms with Crippen LogP contribution in [-0.4, -0.2) is 21.8 Å². The lowest BCUT2D eigenvalue weighted by Crippen LogP contribution is -2.30. The average Bonchev–Trinajstić information content (AvgIpc) is 3.44. The maximum absolute atomic E-state index is 6.30. The number of aromatic nitrogens is 2. The quantitative estimate of drug-likeness (QED) is 0.386. The summed E-state index contributed by atoms with van der Waals surface area (Å²) in [6, 6.07) is 25.6. The van der Waals surface area contributed by atoms with Crippen molar-refractivity contribution in [3.63, 3.8) is 0 Å². The van der Waals surface area contributed by atoms with E-state index in [0.717, 1.165) is 28.5 Å². The number of anilines is 1. The molecule has 0 aliphatic carbocycles. The summed E-state index contributed by atoms with van der Waals surface area (Å²) in [5, 5.41) is 4.84. The molecule has 1 N–H and O–H groups in total. The summed E-state index contributed by atoms with van der Waals surface area (Å²) in [6.07, 6.45) is 3.85. The van der Waals surface area contributed by atoms with Crippen molar-refractivity contribution in [2.45, 2.75) is 12.1 Å². The van der Waals surface area contributed by atoms with E-state index in [1.807, 2.05) is 85.2 Å². The number of pyridine rings is 1. The molecular formula is C25H21ClN4OS. The highest BCUT2D eigenvalue weighted by Gasteiger charge is 2.42. The molecule has 0 saturated carbocycles. The lowest BCUT2D eigenvalue weighted by molar-refractivity contribution is 0.415. The second-order valence-electron chi connectivity index (χ2n) is 7.48. The Hall–Kier alpha value is -3.35. The summed E-state index contributed by atoms with van der Waals surface area (Å²) in [5.74, 6) is 0.798. The first kappa shape index (κ1) is 20.5. The van der Waals surface area contributed by atoms with Crippen LogP contribution in [0.3, 0.4) is 0 Å². The van der Waals surface area contributed by atoms with Gasteiger partial charge in [-0.05, 0) is 78.9 Å². The Morgan fingerprint density at radius 2 is 1.81 bits per heavy atom. The molecule has 1 aliphatic heterocycles. The zero-order chi connectivity index (χ0) is 22.1. The second-order valence-corrected chi connectivity index (χ2v) is 8.30. The highest BCUT2D eigenvalue weighted by Crippen LogP contribution is 2.42. The number of nitrogens with zero attached hydrogens (tertiary/aromatic N) is 3. The first-order valence-electron chi connectivity index (χ1n) is 10.2. The molecule has 0 unspecified atom stereocenters. The largest absolute Gasteiger partial charge is 0.497 e. The van der Waals surface area contributed by atoms with Gasteiger partial charge < -0.3 is 19.5 Å². The second kappa shape index (κ2) is 8.65. The summed E-state index contributed by atoms with van der Waals surface area (Å²) in [5.41, 5.74) is 3.97. The van der Waals surface area contributed by atoms with E-state index < -0.39 is 0 Å². The minimum atomic E-state index is -0.126. The van der Waals surface area contributed by atoms with Crippen molar-refractivity contribution in [2.24, 2.45) is 0 Å².